The molecule has 1 aromatic heterocycles. The molecule has 0 fully saturated rings. The predicted octanol–water partition coefficient (Wildman–Crippen LogP) is 6.96. The first-order chi connectivity index (χ1) is 20.5. The van der Waals surface area contributed by atoms with E-state index in [9.17, 15) is 9.59 Å². The van der Waals surface area contributed by atoms with E-state index in [2.05, 4.69) is 55.2 Å². The second-order valence-electron chi connectivity index (χ2n) is 11.1. The minimum Gasteiger partial charge on any atom is -0.383 e. The molecule has 42 heavy (non-hydrogen) atoms. The maximum atomic E-state index is 13.9. The van der Waals surface area contributed by atoms with Crippen LogP contribution in [0, 0.1) is 6.92 Å². The van der Waals surface area contributed by atoms with Gasteiger partial charge in [-0.2, -0.15) is 0 Å². The number of nitrogens with zero attached hydrogens (tertiary/aromatic N) is 2. The highest BCUT2D eigenvalue weighted by Gasteiger charge is 2.23. The van der Waals surface area contributed by atoms with Gasteiger partial charge in [-0.15, -0.1) is 0 Å². The third-order valence-electron chi connectivity index (χ3n) is 7.87. The number of methoxy groups -OCH3 is 1. The van der Waals surface area contributed by atoms with Gasteiger partial charge in [0.25, 0.3) is 5.91 Å². The monoisotopic (exact) mass is 567 g/mol. The van der Waals surface area contributed by atoms with Crippen LogP contribution in [-0.4, -0.2) is 59.9 Å². The average Bonchev–Trinajstić information content (AvgIpc) is 3.43. The normalized spacial score (nSPS) is 11.1. The van der Waals surface area contributed by atoms with Crippen molar-refractivity contribution in [3.8, 4) is 0 Å². The van der Waals surface area contributed by atoms with Crippen LogP contribution in [0.2, 0.25) is 0 Å². The van der Waals surface area contributed by atoms with Crippen LogP contribution in [0.1, 0.15) is 65.2 Å². The minimum absolute atomic E-state index is 0.000703. The number of ether oxygens (including phenoxy) is 1. The van der Waals surface area contributed by atoms with Crippen LogP contribution in [0.4, 0.5) is 0 Å². The standard InChI is InChI=1S/C36H45N3O3/c1-4-5-6-7-10-29-17-19-31(20-18-29)36(41)39(23-24-42-3)27-35(40)38(26-30-15-13-28(2)14-16-30)22-21-32-25-37-34-12-9-8-11-33(32)34/h8-9,11-20,25,37H,4-7,10,21-24,26-27H2,1-3H3. The van der Waals surface area contributed by atoms with Gasteiger partial charge in [-0.25, -0.2) is 0 Å². The van der Waals surface area contributed by atoms with E-state index in [4.69, 9.17) is 4.74 Å². The zero-order chi connectivity index (χ0) is 29.7. The number of hydrogen-bond acceptors (Lipinski definition) is 3. The molecule has 2 amide bonds. The summed E-state index contributed by atoms with van der Waals surface area (Å²) in [4.78, 5) is 34.3. The highest BCUT2D eigenvalue weighted by molar-refractivity contribution is 5.96. The van der Waals surface area contributed by atoms with Crippen LogP contribution >= 0.6 is 0 Å². The zero-order valence-corrected chi connectivity index (χ0v) is 25.4. The number of unbranched alkanes of at least 4 members (excludes halogenated alkanes) is 3. The van der Waals surface area contributed by atoms with Gasteiger partial charge in [-0.3, -0.25) is 9.59 Å². The number of hydrogen-bond donors (Lipinski definition) is 1. The molecule has 0 saturated carbocycles. The van der Waals surface area contributed by atoms with Gasteiger partial charge >= 0.3 is 0 Å². The van der Waals surface area contributed by atoms with Crippen LogP contribution in [0.5, 0.6) is 0 Å². The number of para-hydroxylation sites is 1. The zero-order valence-electron chi connectivity index (χ0n) is 25.4. The third kappa shape index (κ3) is 8.80. The van der Waals surface area contributed by atoms with Crippen LogP contribution in [0.15, 0.2) is 79.0 Å². The minimum atomic E-state index is -0.148. The molecular formula is C36H45N3O3. The van der Waals surface area contributed by atoms with Crippen molar-refractivity contribution in [2.45, 2.75) is 58.9 Å². The first-order valence-corrected chi connectivity index (χ1v) is 15.2. The van der Waals surface area contributed by atoms with Gasteiger partial charge in [0.05, 0.1) is 6.61 Å². The Balaban J connectivity index is 1.48. The molecule has 1 heterocycles. The van der Waals surface area contributed by atoms with E-state index in [0.29, 0.717) is 38.2 Å². The number of carbonyl (C=O) groups excluding carboxylic acids is 2. The number of H-pyrrole nitrogens is 1. The number of carbonyl (C=O) groups is 2. The second-order valence-corrected chi connectivity index (χ2v) is 11.1. The van der Waals surface area contributed by atoms with Crippen LogP contribution in [0.3, 0.4) is 0 Å². The molecule has 0 atom stereocenters. The first kappa shape index (κ1) is 31.0. The molecule has 0 saturated heterocycles. The summed E-state index contributed by atoms with van der Waals surface area (Å²) in [6.45, 7) is 6.02. The number of rotatable bonds is 16. The van der Waals surface area contributed by atoms with Gasteiger partial charge in [0.15, 0.2) is 0 Å². The number of nitrogens with one attached hydrogen (secondary N) is 1. The van der Waals surface area contributed by atoms with E-state index >= 15 is 0 Å². The number of aromatic amines is 1. The van der Waals surface area contributed by atoms with Gasteiger partial charge in [0.2, 0.25) is 5.91 Å². The van der Waals surface area contributed by atoms with E-state index in [-0.39, 0.29) is 18.4 Å². The summed E-state index contributed by atoms with van der Waals surface area (Å²) in [7, 11) is 1.61. The first-order valence-electron chi connectivity index (χ1n) is 15.2. The molecule has 0 aliphatic heterocycles. The summed E-state index contributed by atoms with van der Waals surface area (Å²) in [5.41, 5.74) is 6.35. The molecule has 4 aromatic rings. The molecule has 1 N–H and O–H groups in total. The Kier molecular flexibility index (Phi) is 11.8. The Bertz CT molecular complexity index is 1410. The van der Waals surface area contributed by atoms with E-state index < -0.39 is 0 Å². The lowest BCUT2D eigenvalue weighted by molar-refractivity contribution is -0.132. The van der Waals surface area contributed by atoms with Gasteiger partial charge in [0, 0.05) is 49.4 Å². The molecule has 4 rings (SSSR count). The lowest BCUT2D eigenvalue weighted by atomic mass is 10.0. The van der Waals surface area contributed by atoms with Crippen LogP contribution in [0.25, 0.3) is 10.9 Å². The number of benzene rings is 3. The topological polar surface area (TPSA) is 65.6 Å². The molecule has 0 aliphatic carbocycles. The molecular weight excluding hydrogens is 522 g/mol. The van der Waals surface area contributed by atoms with Crippen molar-refractivity contribution in [2.75, 3.05) is 33.4 Å². The van der Waals surface area contributed by atoms with Gasteiger partial charge in [-0.05, 0) is 61.1 Å². The van der Waals surface area contributed by atoms with Crippen molar-refractivity contribution in [1.29, 1.82) is 0 Å². The predicted molar refractivity (Wildman–Crippen MR) is 171 cm³/mol. The highest BCUT2D eigenvalue weighted by atomic mass is 16.5. The number of fused-ring (bicyclic) bond motifs is 1. The van der Waals surface area contributed by atoms with Crippen molar-refractivity contribution >= 4 is 22.7 Å². The summed E-state index contributed by atoms with van der Waals surface area (Å²) in [5, 5.41) is 1.17. The lowest BCUT2D eigenvalue weighted by Gasteiger charge is -2.28. The molecule has 3 aromatic carbocycles. The van der Waals surface area contributed by atoms with E-state index in [1.165, 1.54) is 41.3 Å². The fraction of sp³-hybridized carbons (Fsp3) is 0.389. The van der Waals surface area contributed by atoms with Gasteiger partial charge in [-0.1, -0.05) is 86.3 Å². The molecule has 0 bridgehead atoms. The van der Waals surface area contributed by atoms with Crippen molar-refractivity contribution in [1.82, 2.24) is 14.8 Å². The largest absolute Gasteiger partial charge is 0.383 e. The van der Waals surface area contributed by atoms with Gasteiger partial charge in [0.1, 0.15) is 6.54 Å². The molecule has 0 radical (unpaired) electrons. The smallest absolute Gasteiger partial charge is 0.254 e. The lowest BCUT2D eigenvalue weighted by Crippen LogP contribution is -2.44. The molecule has 6 nitrogen and oxygen atoms in total. The Morgan fingerprint density at radius 2 is 1.55 bits per heavy atom. The average molecular weight is 568 g/mol. The molecule has 222 valence electrons. The summed E-state index contributed by atoms with van der Waals surface area (Å²) in [6, 6.07) is 24.4. The summed E-state index contributed by atoms with van der Waals surface area (Å²) >= 11 is 0. The molecule has 6 heteroatoms. The fourth-order valence-electron chi connectivity index (χ4n) is 5.27. The van der Waals surface area contributed by atoms with Crippen LogP contribution in [-0.2, 0) is 28.9 Å². The summed E-state index contributed by atoms with van der Waals surface area (Å²) in [6.07, 6.45) is 8.62. The third-order valence-corrected chi connectivity index (χ3v) is 7.87. The second kappa shape index (κ2) is 15.9. The van der Waals surface area contributed by atoms with E-state index in [1.54, 1.807) is 12.0 Å². The molecule has 0 spiro atoms. The molecule has 0 aliphatic rings. The Hall–Kier alpha value is -3.90. The number of aryl methyl sites for hydroxylation is 2. The molecule has 0 unspecified atom stereocenters. The Labute approximate surface area is 250 Å². The Morgan fingerprint density at radius 1 is 0.810 bits per heavy atom. The summed E-state index contributed by atoms with van der Waals surface area (Å²) < 4.78 is 5.31. The van der Waals surface area contributed by atoms with E-state index in [1.807, 2.05) is 47.5 Å². The Morgan fingerprint density at radius 3 is 2.29 bits per heavy atom. The van der Waals surface area contributed by atoms with Crippen molar-refractivity contribution < 1.29 is 14.3 Å². The number of aromatic nitrogens is 1. The fourth-order valence-corrected chi connectivity index (χ4v) is 5.27. The van der Waals surface area contributed by atoms with Gasteiger partial charge < -0.3 is 19.5 Å². The van der Waals surface area contributed by atoms with Crippen molar-refractivity contribution in [3.05, 3.63) is 107 Å². The SMILES string of the molecule is CCCCCCc1ccc(C(=O)N(CCOC)CC(=O)N(CCc2c[nH]c3ccccc23)Cc2ccc(C)cc2)cc1. The van der Waals surface area contributed by atoms with Crippen molar-refractivity contribution in [3.63, 3.8) is 0 Å². The van der Waals surface area contributed by atoms with Crippen LogP contribution < -0.4 is 0 Å². The maximum absolute atomic E-state index is 13.9. The summed E-state index contributed by atoms with van der Waals surface area (Å²) in [5.74, 6) is -0.225. The van der Waals surface area contributed by atoms with E-state index in [0.717, 1.165) is 23.9 Å². The van der Waals surface area contributed by atoms with Crippen molar-refractivity contribution in [2.24, 2.45) is 0 Å². The highest BCUT2D eigenvalue weighted by Crippen LogP contribution is 2.19. The maximum Gasteiger partial charge on any atom is 0.254 e. The quantitative estimate of drug-likeness (QED) is 0.149. The number of amides is 2.